The summed E-state index contributed by atoms with van der Waals surface area (Å²) in [6, 6.07) is 14.7. The molecule has 0 spiro atoms. The van der Waals surface area contributed by atoms with Crippen molar-refractivity contribution >= 4 is 17.4 Å². The normalized spacial score (nSPS) is 17.6. The molecule has 7 heteroatoms. The van der Waals surface area contributed by atoms with Crippen LogP contribution in [0.3, 0.4) is 0 Å². The van der Waals surface area contributed by atoms with Crippen LogP contribution in [0, 0.1) is 0 Å². The molecule has 1 aliphatic heterocycles. The zero-order valence-corrected chi connectivity index (χ0v) is 17.9. The second-order valence-electron chi connectivity index (χ2n) is 7.31. The number of carbonyl (C=O) groups is 2. The average Bonchev–Trinajstić information content (AvgIpc) is 3.23. The van der Waals surface area contributed by atoms with Crippen molar-refractivity contribution in [1.29, 1.82) is 0 Å². The summed E-state index contributed by atoms with van der Waals surface area (Å²) in [4.78, 5) is 26.3. The third-order valence-corrected chi connectivity index (χ3v) is 5.24. The lowest BCUT2D eigenvalue weighted by Crippen LogP contribution is -2.32. The smallest absolute Gasteiger partial charge is 0.257 e. The molecule has 0 saturated carbocycles. The van der Waals surface area contributed by atoms with E-state index >= 15 is 0 Å². The number of phenolic OH excluding ortho intramolecular Hbond substituents is 1. The Balaban J connectivity index is 0.00000132. The Morgan fingerprint density at radius 1 is 1.13 bits per heavy atom. The SMILES string of the molecule is CC.O=C1CC(NCc2ccccc2)=C1Nc1cccc(C(=O)N2CCC(O)C2)c1O. The van der Waals surface area contributed by atoms with Crippen molar-refractivity contribution in [3.63, 3.8) is 0 Å². The summed E-state index contributed by atoms with van der Waals surface area (Å²) in [5.41, 5.74) is 2.73. The fourth-order valence-electron chi connectivity index (χ4n) is 3.55. The van der Waals surface area contributed by atoms with Gasteiger partial charge < -0.3 is 25.7 Å². The quantitative estimate of drug-likeness (QED) is 0.533. The molecule has 1 heterocycles. The first-order chi connectivity index (χ1) is 15.0. The van der Waals surface area contributed by atoms with Crippen LogP contribution in [0.1, 0.15) is 42.6 Å². The van der Waals surface area contributed by atoms with E-state index in [1.807, 2.05) is 44.2 Å². The number of likely N-dealkylation sites (tertiary alicyclic amines) is 1. The highest BCUT2D eigenvalue weighted by Crippen LogP contribution is 2.33. The van der Waals surface area contributed by atoms with Gasteiger partial charge in [0.2, 0.25) is 0 Å². The Kier molecular flexibility index (Phi) is 7.31. The molecule has 0 radical (unpaired) electrons. The number of Topliss-reactive ketones (excluding diaryl/α,β-unsaturated/α-hetero) is 1. The predicted molar refractivity (Wildman–Crippen MR) is 120 cm³/mol. The summed E-state index contributed by atoms with van der Waals surface area (Å²) in [6.45, 7) is 5.30. The Bertz CT molecular complexity index is 972. The number of phenols is 1. The van der Waals surface area contributed by atoms with Crippen LogP contribution in [0.5, 0.6) is 5.75 Å². The van der Waals surface area contributed by atoms with Crippen LogP contribution < -0.4 is 10.6 Å². The first-order valence-electron chi connectivity index (χ1n) is 10.6. The van der Waals surface area contributed by atoms with E-state index < -0.39 is 6.10 Å². The number of benzene rings is 2. The highest BCUT2D eigenvalue weighted by atomic mass is 16.3. The first kappa shape index (κ1) is 22.4. The number of aromatic hydroxyl groups is 1. The molecule has 1 atom stereocenters. The number of para-hydroxylation sites is 1. The molecule has 1 amide bonds. The number of hydrogen-bond acceptors (Lipinski definition) is 6. The van der Waals surface area contributed by atoms with E-state index in [0.29, 0.717) is 37.3 Å². The summed E-state index contributed by atoms with van der Waals surface area (Å²) in [5, 5.41) is 26.5. The number of aliphatic hydroxyl groups is 1. The topological polar surface area (TPSA) is 102 Å². The van der Waals surface area contributed by atoms with Crippen LogP contribution in [-0.2, 0) is 11.3 Å². The minimum absolute atomic E-state index is 0.0562. The fraction of sp³-hybridized carbons (Fsp3) is 0.333. The molecular weight excluding hydrogens is 394 g/mol. The predicted octanol–water partition coefficient (Wildman–Crippen LogP) is 3.01. The van der Waals surface area contributed by atoms with E-state index in [-0.39, 0.29) is 29.5 Å². The van der Waals surface area contributed by atoms with Gasteiger partial charge in [-0.3, -0.25) is 9.59 Å². The van der Waals surface area contributed by atoms with Gasteiger partial charge in [-0.05, 0) is 24.1 Å². The Hall–Kier alpha value is -3.32. The lowest BCUT2D eigenvalue weighted by Gasteiger charge is -2.25. The molecule has 2 aliphatic rings. The third-order valence-electron chi connectivity index (χ3n) is 5.24. The van der Waals surface area contributed by atoms with Gasteiger partial charge in [0.15, 0.2) is 11.5 Å². The molecule has 1 saturated heterocycles. The number of nitrogens with zero attached hydrogens (tertiary/aromatic N) is 1. The molecule has 4 rings (SSSR count). The highest BCUT2D eigenvalue weighted by Gasteiger charge is 2.30. The van der Waals surface area contributed by atoms with Crippen LogP contribution in [0.15, 0.2) is 59.9 Å². The number of carbonyl (C=O) groups excluding carboxylic acids is 2. The Morgan fingerprint density at radius 2 is 1.87 bits per heavy atom. The summed E-state index contributed by atoms with van der Waals surface area (Å²) in [5.74, 6) is -0.591. The van der Waals surface area contributed by atoms with Gasteiger partial charge in [0.05, 0.1) is 23.8 Å². The zero-order valence-electron chi connectivity index (χ0n) is 17.9. The summed E-state index contributed by atoms with van der Waals surface area (Å²) in [6.07, 6.45) is 0.307. The lowest BCUT2D eigenvalue weighted by molar-refractivity contribution is -0.116. The van der Waals surface area contributed by atoms with Gasteiger partial charge >= 0.3 is 0 Å². The number of rotatable bonds is 6. The van der Waals surface area contributed by atoms with E-state index in [4.69, 9.17) is 0 Å². The average molecular weight is 424 g/mol. The number of hydrogen-bond donors (Lipinski definition) is 4. The van der Waals surface area contributed by atoms with Gasteiger partial charge in [-0.1, -0.05) is 50.2 Å². The van der Waals surface area contributed by atoms with Crippen LogP contribution in [0.25, 0.3) is 0 Å². The molecule has 0 aromatic heterocycles. The molecule has 1 unspecified atom stereocenters. The first-order valence-corrected chi connectivity index (χ1v) is 10.6. The van der Waals surface area contributed by atoms with E-state index in [2.05, 4.69) is 10.6 Å². The minimum Gasteiger partial charge on any atom is -0.505 e. The molecule has 7 nitrogen and oxygen atoms in total. The van der Waals surface area contributed by atoms with Crippen LogP contribution >= 0.6 is 0 Å². The maximum atomic E-state index is 12.7. The van der Waals surface area contributed by atoms with E-state index in [1.54, 1.807) is 18.2 Å². The molecule has 31 heavy (non-hydrogen) atoms. The number of amides is 1. The van der Waals surface area contributed by atoms with Crippen molar-refractivity contribution in [2.75, 3.05) is 18.4 Å². The second kappa shape index (κ2) is 10.1. The number of aliphatic hydroxyl groups excluding tert-OH is 1. The molecule has 2 aromatic carbocycles. The number of nitrogens with one attached hydrogen (secondary N) is 2. The summed E-state index contributed by atoms with van der Waals surface area (Å²) < 4.78 is 0. The van der Waals surface area contributed by atoms with Gasteiger partial charge in [-0.25, -0.2) is 0 Å². The van der Waals surface area contributed by atoms with Crippen molar-refractivity contribution in [2.24, 2.45) is 0 Å². The second-order valence-corrected chi connectivity index (χ2v) is 7.31. The number of ketones is 1. The monoisotopic (exact) mass is 423 g/mol. The molecule has 2 aromatic rings. The van der Waals surface area contributed by atoms with E-state index in [1.165, 1.54) is 4.90 Å². The fourth-order valence-corrected chi connectivity index (χ4v) is 3.55. The molecular formula is C24H29N3O4. The maximum absolute atomic E-state index is 12.7. The van der Waals surface area contributed by atoms with Crippen molar-refractivity contribution in [1.82, 2.24) is 10.2 Å². The molecule has 1 aliphatic carbocycles. The van der Waals surface area contributed by atoms with Crippen molar-refractivity contribution in [3.05, 3.63) is 71.1 Å². The largest absolute Gasteiger partial charge is 0.505 e. The third kappa shape index (κ3) is 5.06. The summed E-state index contributed by atoms with van der Waals surface area (Å²) in [7, 11) is 0. The standard InChI is InChI=1S/C22H23N3O4.C2H6/c26-15-9-10-25(13-15)22(29)16-7-4-8-17(21(16)28)24-20-18(11-19(20)27)23-12-14-5-2-1-3-6-14;1-2/h1-8,15,23-24,26,28H,9-13H2;1-2H3. The van der Waals surface area contributed by atoms with Crippen molar-refractivity contribution in [2.45, 2.75) is 39.3 Å². The lowest BCUT2D eigenvalue weighted by atomic mass is 9.98. The number of anilines is 1. The van der Waals surface area contributed by atoms with Gasteiger partial charge in [0.25, 0.3) is 5.91 Å². The Labute approximate surface area is 182 Å². The minimum atomic E-state index is -0.529. The summed E-state index contributed by atoms with van der Waals surface area (Å²) >= 11 is 0. The van der Waals surface area contributed by atoms with Crippen molar-refractivity contribution in [3.8, 4) is 5.75 Å². The van der Waals surface area contributed by atoms with Gasteiger partial charge in [0, 0.05) is 25.3 Å². The van der Waals surface area contributed by atoms with E-state index in [0.717, 1.165) is 11.3 Å². The Morgan fingerprint density at radius 3 is 2.52 bits per heavy atom. The maximum Gasteiger partial charge on any atom is 0.257 e. The molecule has 4 N–H and O–H groups in total. The number of β-amino-alcohol motifs (C(OH)–C–C–N with tert-alkyl or cyclic N) is 1. The number of allylic oxidation sites excluding steroid dienone is 2. The van der Waals surface area contributed by atoms with E-state index in [9.17, 15) is 19.8 Å². The van der Waals surface area contributed by atoms with Crippen molar-refractivity contribution < 1.29 is 19.8 Å². The molecule has 164 valence electrons. The molecule has 0 bridgehead atoms. The van der Waals surface area contributed by atoms with Gasteiger partial charge in [-0.2, -0.15) is 0 Å². The van der Waals surface area contributed by atoms with Crippen LogP contribution in [-0.4, -0.2) is 46.0 Å². The van der Waals surface area contributed by atoms with Crippen LogP contribution in [0.4, 0.5) is 5.69 Å². The highest BCUT2D eigenvalue weighted by molar-refractivity contribution is 6.07. The van der Waals surface area contributed by atoms with Crippen LogP contribution in [0.2, 0.25) is 0 Å². The van der Waals surface area contributed by atoms with Gasteiger partial charge in [0.1, 0.15) is 5.70 Å². The van der Waals surface area contributed by atoms with Gasteiger partial charge in [-0.15, -0.1) is 0 Å². The zero-order chi connectivity index (χ0) is 22.4. The molecule has 1 fully saturated rings.